The second-order valence-electron chi connectivity index (χ2n) is 3.32. The molecule has 78 valence electrons. The van der Waals surface area contributed by atoms with Crippen LogP contribution in [0.15, 0.2) is 12.7 Å². The number of nitrogens with zero attached hydrogens (tertiary/aromatic N) is 1. The average molecular weight is 197 g/mol. The molecule has 0 aromatic heterocycles. The number of hydrogen-bond acceptors (Lipinski definition) is 3. The second kappa shape index (κ2) is 4.79. The molecule has 4 heteroatoms. The Morgan fingerprint density at radius 3 is 2.50 bits per heavy atom. The molecule has 0 N–H and O–H groups in total. The van der Waals surface area contributed by atoms with Crippen LogP contribution < -0.4 is 0 Å². The topological polar surface area (TPSA) is 46.6 Å². The maximum atomic E-state index is 11.6. The molecule has 1 atom stereocenters. The number of rotatable bonds is 3. The first-order chi connectivity index (χ1) is 6.65. The lowest BCUT2D eigenvalue weighted by Crippen LogP contribution is -2.37. The Morgan fingerprint density at radius 2 is 2.00 bits per heavy atom. The zero-order valence-corrected chi connectivity index (χ0v) is 8.36. The van der Waals surface area contributed by atoms with Gasteiger partial charge in [-0.2, -0.15) is 0 Å². The zero-order chi connectivity index (χ0) is 10.6. The minimum Gasteiger partial charge on any atom is -0.449 e. The van der Waals surface area contributed by atoms with Crippen LogP contribution >= 0.6 is 0 Å². The van der Waals surface area contributed by atoms with Gasteiger partial charge >= 0.3 is 5.97 Å². The fourth-order valence-electron chi connectivity index (χ4n) is 1.47. The van der Waals surface area contributed by atoms with E-state index in [0.717, 1.165) is 32.0 Å². The van der Waals surface area contributed by atoms with Gasteiger partial charge in [-0.3, -0.25) is 4.79 Å². The summed E-state index contributed by atoms with van der Waals surface area (Å²) in [6.45, 7) is 6.40. The van der Waals surface area contributed by atoms with Crippen molar-refractivity contribution in [2.75, 3.05) is 13.1 Å². The predicted octanol–water partition coefficient (Wildman–Crippen LogP) is 0.727. The molecule has 0 aliphatic carbocycles. The Hall–Kier alpha value is -1.32. The molecule has 0 aromatic rings. The van der Waals surface area contributed by atoms with E-state index in [1.807, 2.05) is 0 Å². The summed E-state index contributed by atoms with van der Waals surface area (Å²) in [5.74, 6) is -0.664. The standard InChI is InChI=1S/C10H15NO3/c1-3-9(12)14-8(2)10(13)11-6-4-5-7-11/h3,8H,1,4-7H2,2H3. The van der Waals surface area contributed by atoms with E-state index in [9.17, 15) is 9.59 Å². The van der Waals surface area contributed by atoms with E-state index in [0.29, 0.717) is 0 Å². The van der Waals surface area contributed by atoms with Gasteiger partial charge in [0.15, 0.2) is 6.10 Å². The molecule has 1 aliphatic rings. The van der Waals surface area contributed by atoms with Gasteiger partial charge in [0, 0.05) is 19.2 Å². The molecule has 14 heavy (non-hydrogen) atoms. The number of ether oxygens (including phenoxy) is 1. The van der Waals surface area contributed by atoms with Crippen molar-refractivity contribution in [3.05, 3.63) is 12.7 Å². The molecule has 1 heterocycles. The Labute approximate surface area is 83.5 Å². The Morgan fingerprint density at radius 1 is 1.43 bits per heavy atom. The molecule has 1 amide bonds. The third-order valence-corrected chi connectivity index (χ3v) is 2.23. The van der Waals surface area contributed by atoms with Gasteiger partial charge in [-0.1, -0.05) is 6.58 Å². The van der Waals surface area contributed by atoms with Crippen LogP contribution in [0, 0.1) is 0 Å². The molecule has 1 unspecified atom stereocenters. The van der Waals surface area contributed by atoms with Gasteiger partial charge < -0.3 is 9.64 Å². The summed E-state index contributed by atoms with van der Waals surface area (Å²) in [6, 6.07) is 0. The molecular weight excluding hydrogens is 182 g/mol. The van der Waals surface area contributed by atoms with Crippen LogP contribution in [0.4, 0.5) is 0 Å². The van der Waals surface area contributed by atoms with E-state index in [1.54, 1.807) is 11.8 Å². The summed E-state index contributed by atoms with van der Waals surface area (Å²) in [5.41, 5.74) is 0. The van der Waals surface area contributed by atoms with Crippen LogP contribution in [-0.2, 0) is 14.3 Å². The largest absolute Gasteiger partial charge is 0.449 e. The van der Waals surface area contributed by atoms with Gasteiger partial charge in [0.1, 0.15) is 0 Å². The predicted molar refractivity (Wildman–Crippen MR) is 51.6 cm³/mol. The number of likely N-dealkylation sites (tertiary alicyclic amines) is 1. The average Bonchev–Trinajstić information content (AvgIpc) is 2.69. The fraction of sp³-hybridized carbons (Fsp3) is 0.600. The highest BCUT2D eigenvalue weighted by molar-refractivity contribution is 5.87. The molecule has 4 nitrogen and oxygen atoms in total. The third kappa shape index (κ3) is 2.58. The first-order valence-corrected chi connectivity index (χ1v) is 4.77. The first kappa shape index (κ1) is 10.8. The molecule has 0 saturated carbocycles. The highest BCUT2D eigenvalue weighted by Crippen LogP contribution is 2.10. The van der Waals surface area contributed by atoms with Gasteiger partial charge in [-0.15, -0.1) is 0 Å². The van der Waals surface area contributed by atoms with Gasteiger partial charge in [-0.05, 0) is 19.8 Å². The van der Waals surface area contributed by atoms with Crippen molar-refractivity contribution < 1.29 is 14.3 Å². The van der Waals surface area contributed by atoms with Crippen LogP contribution in [0.3, 0.4) is 0 Å². The number of carbonyl (C=O) groups is 2. The van der Waals surface area contributed by atoms with Crippen molar-refractivity contribution in [1.29, 1.82) is 0 Å². The number of amides is 1. The fourth-order valence-corrected chi connectivity index (χ4v) is 1.47. The molecule has 1 aliphatic heterocycles. The summed E-state index contributed by atoms with van der Waals surface area (Å²) < 4.78 is 4.83. The summed E-state index contributed by atoms with van der Waals surface area (Å²) in [5, 5.41) is 0. The van der Waals surface area contributed by atoms with Crippen molar-refractivity contribution in [1.82, 2.24) is 4.90 Å². The normalized spacial score (nSPS) is 17.6. The summed E-state index contributed by atoms with van der Waals surface area (Å²) in [7, 11) is 0. The highest BCUT2D eigenvalue weighted by Gasteiger charge is 2.24. The summed E-state index contributed by atoms with van der Waals surface area (Å²) in [4.78, 5) is 24.2. The smallest absolute Gasteiger partial charge is 0.330 e. The van der Waals surface area contributed by atoms with Gasteiger partial charge in [-0.25, -0.2) is 4.79 Å². The highest BCUT2D eigenvalue weighted by atomic mass is 16.5. The molecule has 1 rings (SSSR count). The molecule has 0 bridgehead atoms. The van der Waals surface area contributed by atoms with Crippen LogP contribution in [-0.4, -0.2) is 36.0 Å². The maximum absolute atomic E-state index is 11.6. The van der Waals surface area contributed by atoms with Crippen molar-refractivity contribution in [3.63, 3.8) is 0 Å². The van der Waals surface area contributed by atoms with Crippen molar-refractivity contribution in [2.45, 2.75) is 25.9 Å². The van der Waals surface area contributed by atoms with E-state index < -0.39 is 12.1 Å². The zero-order valence-electron chi connectivity index (χ0n) is 8.36. The van der Waals surface area contributed by atoms with E-state index in [-0.39, 0.29) is 5.91 Å². The number of esters is 1. The van der Waals surface area contributed by atoms with Gasteiger partial charge in [0.2, 0.25) is 0 Å². The number of hydrogen-bond donors (Lipinski definition) is 0. The Bertz CT molecular complexity index is 244. The summed E-state index contributed by atoms with van der Waals surface area (Å²) >= 11 is 0. The Kier molecular flexibility index (Phi) is 3.68. The quantitative estimate of drug-likeness (QED) is 0.495. The molecular formula is C10H15NO3. The van der Waals surface area contributed by atoms with Gasteiger partial charge in [0.25, 0.3) is 5.91 Å². The van der Waals surface area contributed by atoms with E-state index >= 15 is 0 Å². The molecule has 1 fully saturated rings. The second-order valence-corrected chi connectivity index (χ2v) is 3.32. The van der Waals surface area contributed by atoms with Crippen molar-refractivity contribution >= 4 is 11.9 Å². The first-order valence-electron chi connectivity index (χ1n) is 4.77. The monoisotopic (exact) mass is 197 g/mol. The minimum absolute atomic E-state index is 0.113. The molecule has 0 radical (unpaired) electrons. The van der Waals surface area contributed by atoms with Gasteiger partial charge in [0.05, 0.1) is 0 Å². The van der Waals surface area contributed by atoms with Crippen LogP contribution in [0.25, 0.3) is 0 Å². The van der Waals surface area contributed by atoms with Crippen LogP contribution in [0.1, 0.15) is 19.8 Å². The van der Waals surface area contributed by atoms with Crippen molar-refractivity contribution in [2.24, 2.45) is 0 Å². The third-order valence-electron chi connectivity index (χ3n) is 2.23. The SMILES string of the molecule is C=CC(=O)OC(C)C(=O)N1CCCC1. The molecule has 1 saturated heterocycles. The van der Waals surface area contributed by atoms with Crippen LogP contribution in [0.2, 0.25) is 0 Å². The minimum atomic E-state index is -0.696. The summed E-state index contributed by atoms with van der Waals surface area (Å²) in [6.07, 6.45) is 2.44. The van der Waals surface area contributed by atoms with Crippen molar-refractivity contribution in [3.8, 4) is 0 Å². The number of carbonyl (C=O) groups excluding carboxylic acids is 2. The lowest BCUT2D eigenvalue weighted by Gasteiger charge is -2.19. The lowest BCUT2D eigenvalue weighted by atomic mass is 10.3. The molecule has 0 aromatic carbocycles. The van der Waals surface area contributed by atoms with E-state index in [1.165, 1.54) is 0 Å². The van der Waals surface area contributed by atoms with Crippen LogP contribution in [0.5, 0.6) is 0 Å². The Balaban J connectivity index is 2.42. The van der Waals surface area contributed by atoms with E-state index in [2.05, 4.69) is 6.58 Å². The molecule has 0 spiro atoms. The maximum Gasteiger partial charge on any atom is 0.330 e. The lowest BCUT2D eigenvalue weighted by molar-refractivity contribution is -0.154. The van der Waals surface area contributed by atoms with E-state index in [4.69, 9.17) is 4.74 Å².